The molecule has 1 aliphatic rings. The zero-order valence-corrected chi connectivity index (χ0v) is 24.9. The number of hydrogen-bond donors (Lipinski definition) is 3. The van der Waals surface area contributed by atoms with Crippen molar-refractivity contribution in [3.05, 3.63) is 53.9 Å². The number of carbonyl (C=O) groups excluding carboxylic acids is 4. The van der Waals surface area contributed by atoms with Crippen molar-refractivity contribution in [2.24, 2.45) is 5.92 Å². The number of benzene rings is 1. The van der Waals surface area contributed by atoms with Crippen molar-refractivity contribution >= 4 is 34.5 Å². The lowest BCUT2D eigenvalue weighted by Gasteiger charge is -2.35. The van der Waals surface area contributed by atoms with E-state index in [4.69, 9.17) is 4.74 Å². The van der Waals surface area contributed by atoms with Gasteiger partial charge >= 0.3 is 5.97 Å². The first kappa shape index (κ1) is 31.7. The Labute approximate surface area is 242 Å². The predicted molar refractivity (Wildman–Crippen MR) is 157 cm³/mol. The van der Waals surface area contributed by atoms with E-state index >= 15 is 0 Å². The van der Waals surface area contributed by atoms with Gasteiger partial charge in [0.25, 0.3) is 5.91 Å². The zero-order valence-electron chi connectivity index (χ0n) is 24.9. The van der Waals surface area contributed by atoms with E-state index in [1.165, 1.54) is 5.01 Å². The van der Waals surface area contributed by atoms with Crippen LogP contribution in [0.4, 0.5) is 0 Å². The number of nitrogens with zero attached hydrogens (tertiary/aromatic N) is 2. The molecule has 2 aromatic rings. The second kappa shape index (κ2) is 14.7. The number of hydrogen-bond acceptors (Lipinski definition) is 7. The fraction of sp³-hybridized carbons (Fsp3) is 0.516. The van der Waals surface area contributed by atoms with Crippen LogP contribution >= 0.6 is 0 Å². The van der Waals surface area contributed by atoms with Crippen molar-refractivity contribution < 1.29 is 23.9 Å². The molecule has 1 fully saturated rings. The lowest BCUT2D eigenvalue weighted by Crippen LogP contribution is -2.61. The molecular formula is C31H43N5O5. The van der Waals surface area contributed by atoms with E-state index in [0.29, 0.717) is 19.4 Å². The lowest BCUT2D eigenvalue weighted by atomic mass is 10.0. The van der Waals surface area contributed by atoms with Crippen LogP contribution in [0.2, 0.25) is 0 Å². The second-order valence-electron chi connectivity index (χ2n) is 10.8. The number of carbonyl (C=O) groups is 4. The van der Waals surface area contributed by atoms with E-state index in [1.54, 1.807) is 19.1 Å². The van der Waals surface area contributed by atoms with Crippen LogP contribution in [0.15, 0.2) is 42.6 Å². The van der Waals surface area contributed by atoms with Crippen LogP contribution in [-0.4, -0.2) is 58.4 Å². The summed E-state index contributed by atoms with van der Waals surface area (Å²) in [5.74, 6) is -1.70. The summed E-state index contributed by atoms with van der Waals surface area (Å²) in [4.78, 5) is 55.7. The van der Waals surface area contributed by atoms with Gasteiger partial charge in [0.2, 0.25) is 11.8 Å². The normalized spacial score (nSPS) is 17.7. The van der Waals surface area contributed by atoms with E-state index in [0.717, 1.165) is 28.5 Å². The van der Waals surface area contributed by atoms with Crippen molar-refractivity contribution in [3.8, 4) is 0 Å². The summed E-state index contributed by atoms with van der Waals surface area (Å²) in [7, 11) is 0. The smallest absolute Gasteiger partial charge is 0.325 e. The molecule has 0 radical (unpaired) electrons. The second-order valence-corrected chi connectivity index (χ2v) is 10.8. The molecule has 0 bridgehead atoms. The van der Waals surface area contributed by atoms with Crippen molar-refractivity contribution in [3.63, 3.8) is 0 Å². The van der Waals surface area contributed by atoms with E-state index in [9.17, 15) is 19.2 Å². The van der Waals surface area contributed by atoms with Crippen LogP contribution in [0.5, 0.6) is 0 Å². The van der Waals surface area contributed by atoms with Crippen molar-refractivity contribution in [2.45, 2.75) is 91.5 Å². The first-order valence-corrected chi connectivity index (χ1v) is 14.4. The molecule has 41 heavy (non-hydrogen) atoms. The number of rotatable bonds is 11. The van der Waals surface area contributed by atoms with Gasteiger partial charge in [-0.05, 0) is 69.0 Å². The average Bonchev–Trinajstić information content (AvgIpc) is 2.97. The van der Waals surface area contributed by atoms with Crippen LogP contribution in [0.1, 0.15) is 78.2 Å². The van der Waals surface area contributed by atoms with Crippen LogP contribution < -0.4 is 16.1 Å². The summed E-state index contributed by atoms with van der Waals surface area (Å²) >= 11 is 0. The van der Waals surface area contributed by atoms with Crippen LogP contribution in [0.3, 0.4) is 0 Å². The van der Waals surface area contributed by atoms with Gasteiger partial charge in [0.1, 0.15) is 24.2 Å². The number of nitrogens with one attached hydrogen (secondary N) is 3. The molecule has 4 atom stereocenters. The molecule has 222 valence electrons. The third-order valence-electron chi connectivity index (χ3n) is 7.20. The molecule has 0 unspecified atom stereocenters. The Hall–Kier alpha value is -3.79. The SMILES string of the molecule is C/C=C/CC(=O)N[C@H](C(=O)N[C@@H](C)C(=O)N1CCC[C@@H](C(=O)O[C@H](C)c2ccc3cnc(CC)cc3c2)N1)C(C)C. The largest absolute Gasteiger partial charge is 0.457 e. The minimum absolute atomic E-state index is 0.172. The molecule has 3 N–H and O–H groups in total. The third-order valence-corrected chi connectivity index (χ3v) is 7.20. The van der Waals surface area contributed by atoms with Gasteiger partial charge in [0.05, 0.1) is 0 Å². The number of hydrazine groups is 1. The summed E-state index contributed by atoms with van der Waals surface area (Å²) in [6.07, 6.45) is 6.98. The minimum Gasteiger partial charge on any atom is -0.457 e. The molecule has 0 saturated carbocycles. The highest BCUT2D eigenvalue weighted by atomic mass is 16.5. The minimum atomic E-state index is -0.863. The summed E-state index contributed by atoms with van der Waals surface area (Å²) in [5.41, 5.74) is 4.86. The monoisotopic (exact) mass is 565 g/mol. The number of ether oxygens (including phenoxy) is 1. The summed E-state index contributed by atoms with van der Waals surface area (Å²) in [5, 5.41) is 8.88. The van der Waals surface area contributed by atoms with E-state index in [-0.39, 0.29) is 24.2 Å². The summed E-state index contributed by atoms with van der Waals surface area (Å²) in [6.45, 7) is 11.3. The molecule has 10 heteroatoms. The zero-order chi connectivity index (χ0) is 30.1. The Balaban J connectivity index is 1.58. The molecule has 10 nitrogen and oxygen atoms in total. The van der Waals surface area contributed by atoms with Gasteiger partial charge in [-0.25, -0.2) is 5.43 Å². The number of aryl methyl sites for hydroxylation is 1. The number of allylic oxidation sites excluding steroid dienone is 1. The van der Waals surface area contributed by atoms with E-state index in [1.807, 2.05) is 58.2 Å². The number of esters is 1. The van der Waals surface area contributed by atoms with E-state index in [2.05, 4.69) is 28.0 Å². The first-order chi connectivity index (χ1) is 19.5. The summed E-state index contributed by atoms with van der Waals surface area (Å²) in [6, 6.07) is 5.61. The fourth-order valence-corrected chi connectivity index (χ4v) is 4.68. The number of fused-ring (bicyclic) bond motifs is 1. The average molecular weight is 566 g/mol. The van der Waals surface area contributed by atoms with Crippen LogP contribution in [0.25, 0.3) is 10.8 Å². The maximum absolute atomic E-state index is 13.2. The molecule has 1 aromatic carbocycles. The fourth-order valence-electron chi connectivity index (χ4n) is 4.68. The molecule has 3 amide bonds. The van der Waals surface area contributed by atoms with Gasteiger partial charge in [-0.2, -0.15) is 0 Å². The predicted octanol–water partition coefficient (Wildman–Crippen LogP) is 3.51. The van der Waals surface area contributed by atoms with Gasteiger partial charge < -0.3 is 15.4 Å². The summed E-state index contributed by atoms with van der Waals surface area (Å²) < 4.78 is 5.79. The molecule has 1 aliphatic heterocycles. The van der Waals surface area contributed by atoms with Crippen LogP contribution in [0, 0.1) is 5.92 Å². The highest BCUT2D eigenvalue weighted by Gasteiger charge is 2.33. The molecule has 0 spiro atoms. The third kappa shape index (κ3) is 8.60. The quantitative estimate of drug-likeness (QED) is 0.281. The first-order valence-electron chi connectivity index (χ1n) is 14.4. The molecule has 0 aliphatic carbocycles. The van der Waals surface area contributed by atoms with Crippen molar-refractivity contribution in [2.75, 3.05) is 6.54 Å². The Bertz CT molecular complexity index is 1280. The van der Waals surface area contributed by atoms with Crippen molar-refractivity contribution in [1.82, 2.24) is 26.1 Å². The standard InChI is InChI=1S/C31H43N5O5/c1-7-9-12-27(37)34-28(19(3)4)29(38)33-20(5)30(39)36-15-10-11-26(35-36)31(40)41-21(6)22-13-14-23-18-32-25(8-2)17-24(23)16-22/h7,9,13-14,16-21,26,28,35H,8,10-12,15H2,1-6H3,(H,33,38)(H,34,37)/b9-7+/t20-,21+,26-,28-/m0/s1. The maximum Gasteiger partial charge on any atom is 0.325 e. The van der Waals surface area contributed by atoms with Crippen molar-refractivity contribution in [1.29, 1.82) is 0 Å². The lowest BCUT2D eigenvalue weighted by molar-refractivity contribution is -0.157. The topological polar surface area (TPSA) is 130 Å². The molecular weight excluding hydrogens is 522 g/mol. The molecule has 1 saturated heterocycles. The number of amides is 3. The highest BCUT2D eigenvalue weighted by molar-refractivity contribution is 5.92. The Kier molecular flexibility index (Phi) is 11.4. The van der Waals surface area contributed by atoms with Crippen LogP contribution in [-0.2, 0) is 30.3 Å². The number of pyridine rings is 1. The molecule has 2 heterocycles. The Morgan fingerprint density at radius 1 is 1.12 bits per heavy atom. The maximum atomic E-state index is 13.2. The van der Waals surface area contributed by atoms with Gasteiger partial charge in [0, 0.05) is 30.2 Å². The van der Waals surface area contributed by atoms with Gasteiger partial charge in [-0.15, -0.1) is 0 Å². The van der Waals surface area contributed by atoms with Gasteiger partial charge in [0.15, 0.2) is 0 Å². The molecule has 1 aromatic heterocycles. The number of aromatic nitrogens is 1. The Morgan fingerprint density at radius 2 is 1.88 bits per heavy atom. The highest BCUT2D eigenvalue weighted by Crippen LogP contribution is 2.24. The molecule has 3 rings (SSSR count). The van der Waals surface area contributed by atoms with E-state index < -0.39 is 36.1 Å². The van der Waals surface area contributed by atoms with Gasteiger partial charge in [-0.3, -0.25) is 29.2 Å². The van der Waals surface area contributed by atoms with Gasteiger partial charge in [-0.1, -0.05) is 45.1 Å². The Morgan fingerprint density at radius 3 is 2.56 bits per heavy atom.